The van der Waals surface area contributed by atoms with E-state index < -0.39 is 11.7 Å². The first-order valence-corrected chi connectivity index (χ1v) is 6.89. The fourth-order valence-electron chi connectivity index (χ4n) is 1.45. The van der Waals surface area contributed by atoms with Crippen LogP contribution in [0.2, 0.25) is 0 Å². The minimum atomic E-state index is -0.499. The smallest absolute Gasteiger partial charge is 0.407 e. The van der Waals surface area contributed by atoms with Crippen LogP contribution in [-0.2, 0) is 11.2 Å². The third kappa shape index (κ3) is 6.54. The standard InChI is InChI=1S/C13H20BrN3O2/c1-13(2,3)19-12(18)17-8-10(15)7-9-5-4-6-16-11(9)14/h4-6,10H,7-8,15H2,1-3H3,(H,17,18). The van der Waals surface area contributed by atoms with Gasteiger partial charge < -0.3 is 15.8 Å². The van der Waals surface area contributed by atoms with Crippen LogP contribution in [0.3, 0.4) is 0 Å². The fourth-order valence-corrected chi connectivity index (χ4v) is 1.87. The maximum Gasteiger partial charge on any atom is 0.407 e. The summed E-state index contributed by atoms with van der Waals surface area (Å²) in [7, 11) is 0. The molecule has 19 heavy (non-hydrogen) atoms. The number of ether oxygens (including phenoxy) is 1. The first kappa shape index (κ1) is 15.9. The molecule has 0 saturated carbocycles. The molecule has 0 spiro atoms. The largest absolute Gasteiger partial charge is 0.444 e. The predicted octanol–water partition coefficient (Wildman–Crippen LogP) is 2.24. The lowest BCUT2D eigenvalue weighted by atomic mass is 10.1. The van der Waals surface area contributed by atoms with Crippen molar-refractivity contribution in [1.29, 1.82) is 0 Å². The van der Waals surface area contributed by atoms with Crippen molar-refractivity contribution in [2.24, 2.45) is 5.73 Å². The summed E-state index contributed by atoms with van der Waals surface area (Å²) in [5, 5.41) is 2.66. The zero-order valence-corrected chi connectivity index (χ0v) is 13.0. The molecule has 0 aromatic carbocycles. The summed E-state index contributed by atoms with van der Waals surface area (Å²) in [5.41, 5.74) is 6.48. The molecule has 1 atom stereocenters. The second-order valence-corrected chi connectivity index (χ2v) is 6.05. The highest BCUT2D eigenvalue weighted by Crippen LogP contribution is 2.13. The molecule has 0 aliphatic rings. The van der Waals surface area contributed by atoms with Gasteiger partial charge in [-0.2, -0.15) is 0 Å². The molecule has 3 N–H and O–H groups in total. The second kappa shape index (κ2) is 6.86. The summed E-state index contributed by atoms with van der Waals surface area (Å²) >= 11 is 3.37. The average Bonchev–Trinajstić information content (AvgIpc) is 2.27. The number of nitrogens with zero attached hydrogens (tertiary/aromatic N) is 1. The van der Waals surface area contributed by atoms with Crippen molar-refractivity contribution in [3.8, 4) is 0 Å². The van der Waals surface area contributed by atoms with E-state index in [0.29, 0.717) is 13.0 Å². The van der Waals surface area contributed by atoms with Crippen LogP contribution in [0, 0.1) is 0 Å². The molecule has 0 aliphatic heterocycles. The van der Waals surface area contributed by atoms with Gasteiger partial charge in [-0.15, -0.1) is 0 Å². The molecular weight excluding hydrogens is 310 g/mol. The highest BCUT2D eigenvalue weighted by Gasteiger charge is 2.16. The Kier molecular flexibility index (Phi) is 5.75. The number of nitrogens with one attached hydrogen (secondary N) is 1. The number of carbonyl (C=O) groups excluding carboxylic acids is 1. The minimum absolute atomic E-state index is 0.187. The van der Waals surface area contributed by atoms with Crippen molar-refractivity contribution in [3.63, 3.8) is 0 Å². The van der Waals surface area contributed by atoms with Crippen LogP contribution >= 0.6 is 15.9 Å². The van der Waals surface area contributed by atoms with Crippen LogP contribution in [0.1, 0.15) is 26.3 Å². The Morgan fingerprint density at radius 3 is 2.84 bits per heavy atom. The minimum Gasteiger partial charge on any atom is -0.444 e. The number of amides is 1. The molecule has 0 fully saturated rings. The summed E-state index contributed by atoms with van der Waals surface area (Å²) in [5.74, 6) is 0. The van der Waals surface area contributed by atoms with Gasteiger partial charge in [-0.3, -0.25) is 0 Å². The number of pyridine rings is 1. The Balaban J connectivity index is 2.38. The molecule has 106 valence electrons. The summed E-state index contributed by atoms with van der Waals surface area (Å²) in [4.78, 5) is 15.6. The van der Waals surface area contributed by atoms with Crippen molar-refractivity contribution in [2.75, 3.05) is 6.54 Å². The van der Waals surface area contributed by atoms with Crippen LogP contribution in [0.15, 0.2) is 22.9 Å². The quantitative estimate of drug-likeness (QED) is 0.830. The normalized spacial score (nSPS) is 12.9. The Labute approximate surface area is 122 Å². The molecule has 1 rings (SSSR count). The third-order valence-corrected chi connectivity index (χ3v) is 2.94. The van der Waals surface area contributed by atoms with E-state index in [9.17, 15) is 4.79 Å². The number of halogens is 1. The Hall–Kier alpha value is -1.14. The lowest BCUT2D eigenvalue weighted by Crippen LogP contribution is -2.41. The second-order valence-electron chi connectivity index (χ2n) is 5.30. The number of hydrogen-bond acceptors (Lipinski definition) is 4. The van der Waals surface area contributed by atoms with E-state index in [4.69, 9.17) is 10.5 Å². The first-order chi connectivity index (χ1) is 8.78. The topological polar surface area (TPSA) is 77.2 Å². The number of rotatable bonds is 4. The van der Waals surface area contributed by atoms with Gasteiger partial charge in [0.05, 0.1) is 0 Å². The first-order valence-electron chi connectivity index (χ1n) is 6.10. The Bertz CT molecular complexity index is 432. The van der Waals surface area contributed by atoms with Gasteiger partial charge in [-0.1, -0.05) is 6.07 Å². The molecule has 6 heteroatoms. The molecule has 0 saturated heterocycles. The lowest BCUT2D eigenvalue weighted by molar-refractivity contribution is 0.0524. The Morgan fingerprint density at radius 1 is 1.58 bits per heavy atom. The zero-order chi connectivity index (χ0) is 14.5. The molecule has 1 unspecified atom stereocenters. The van der Waals surface area contributed by atoms with Crippen molar-refractivity contribution in [2.45, 2.75) is 38.8 Å². The molecule has 1 heterocycles. The van der Waals surface area contributed by atoms with E-state index in [2.05, 4.69) is 26.2 Å². The van der Waals surface area contributed by atoms with E-state index in [0.717, 1.165) is 10.2 Å². The van der Waals surface area contributed by atoms with Crippen LogP contribution < -0.4 is 11.1 Å². The SMILES string of the molecule is CC(C)(C)OC(=O)NCC(N)Cc1cccnc1Br. The van der Waals surface area contributed by atoms with Gasteiger partial charge in [0, 0.05) is 18.8 Å². The van der Waals surface area contributed by atoms with Crippen LogP contribution in [-0.4, -0.2) is 29.3 Å². The van der Waals surface area contributed by atoms with Crippen molar-refractivity contribution < 1.29 is 9.53 Å². The van der Waals surface area contributed by atoms with Gasteiger partial charge in [0.1, 0.15) is 10.2 Å². The molecule has 1 aromatic heterocycles. The van der Waals surface area contributed by atoms with E-state index in [1.165, 1.54) is 0 Å². The van der Waals surface area contributed by atoms with E-state index >= 15 is 0 Å². The Morgan fingerprint density at radius 2 is 2.26 bits per heavy atom. The summed E-state index contributed by atoms with van der Waals surface area (Å²) in [6.45, 7) is 5.81. The van der Waals surface area contributed by atoms with Crippen molar-refractivity contribution in [1.82, 2.24) is 10.3 Å². The van der Waals surface area contributed by atoms with Gasteiger partial charge in [0.25, 0.3) is 0 Å². The van der Waals surface area contributed by atoms with Gasteiger partial charge in [0.2, 0.25) is 0 Å². The number of carbonyl (C=O) groups is 1. The van der Waals surface area contributed by atoms with Crippen LogP contribution in [0.4, 0.5) is 4.79 Å². The van der Waals surface area contributed by atoms with Crippen LogP contribution in [0.25, 0.3) is 0 Å². The molecule has 0 bridgehead atoms. The van der Waals surface area contributed by atoms with E-state index in [1.54, 1.807) is 6.20 Å². The van der Waals surface area contributed by atoms with E-state index in [1.807, 2.05) is 32.9 Å². The lowest BCUT2D eigenvalue weighted by Gasteiger charge is -2.20. The average molecular weight is 330 g/mol. The highest BCUT2D eigenvalue weighted by molar-refractivity contribution is 9.10. The monoisotopic (exact) mass is 329 g/mol. The molecule has 5 nitrogen and oxygen atoms in total. The van der Waals surface area contributed by atoms with Crippen molar-refractivity contribution >= 4 is 22.0 Å². The number of hydrogen-bond donors (Lipinski definition) is 2. The van der Waals surface area contributed by atoms with Gasteiger partial charge >= 0.3 is 6.09 Å². The molecule has 0 radical (unpaired) electrons. The summed E-state index contributed by atoms with van der Waals surface area (Å²) in [6.07, 6.45) is 1.88. The molecule has 1 amide bonds. The van der Waals surface area contributed by atoms with Crippen molar-refractivity contribution in [3.05, 3.63) is 28.5 Å². The zero-order valence-electron chi connectivity index (χ0n) is 11.4. The molecular formula is C13H20BrN3O2. The summed E-state index contributed by atoms with van der Waals surface area (Å²) < 4.78 is 5.92. The maximum absolute atomic E-state index is 11.5. The van der Waals surface area contributed by atoms with Gasteiger partial charge in [-0.25, -0.2) is 9.78 Å². The number of aromatic nitrogens is 1. The predicted molar refractivity (Wildman–Crippen MR) is 77.9 cm³/mol. The molecule has 1 aromatic rings. The fraction of sp³-hybridized carbons (Fsp3) is 0.538. The number of nitrogens with two attached hydrogens (primary N) is 1. The number of alkyl carbamates (subject to hydrolysis) is 1. The molecule has 0 aliphatic carbocycles. The summed E-state index contributed by atoms with van der Waals surface area (Å²) in [6, 6.07) is 3.62. The maximum atomic E-state index is 11.5. The van der Waals surface area contributed by atoms with Gasteiger partial charge in [0.15, 0.2) is 0 Å². The third-order valence-electron chi connectivity index (χ3n) is 2.23. The van der Waals surface area contributed by atoms with Crippen LogP contribution in [0.5, 0.6) is 0 Å². The van der Waals surface area contributed by atoms with E-state index in [-0.39, 0.29) is 6.04 Å². The van der Waals surface area contributed by atoms with Gasteiger partial charge in [-0.05, 0) is 54.8 Å². The highest BCUT2D eigenvalue weighted by atomic mass is 79.9.